The minimum Gasteiger partial charge on any atom is -0.455 e. The molecule has 1 aliphatic rings. The standard InChI is InChI=1S/C39H23NO2/c1-22-9-6-14-27-28-15-8-18-33(39(28)42-37(22)27)40-32-17-5-4-12-25(32)26-13-7-16-29-36(26)34(40)21-31-30-19-23-10-2-3-11-24(23)20-35(30)41-38(29)31/h2-21H,1H3. The number of anilines is 3. The lowest BCUT2D eigenvalue weighted by Gasteiger charge is -2.33. The van der Waals surface area contributed by atoms with Crippen LogP contribution in [0.3, 0.4) is 0 Å². The van der Waals surface area contributed by atoms with Crippen LogP contribution < -0.4 is 4.90 Å². The summed E-state index contributed by atoms with van der Waals surface area (Å²) in [6.45, 7) is 2.11. The second-order valence-corrected chi connectivity index (χ2v) is 11.4. The van der Waals surface area contributed by atoms with Gasteiger partial charge >= 0.3 is 0 Å². The fraction of sp³-hybridized carbons (Fsp3) is 0.0256. The molecule has 10 rings (SSSR count). The van der Waals surface area contributed by atoms with Crippen LogP contribution in [-0.4, -0.2) is 0 Å². The van der Waals surface area contributed by atoms with E-state index in [-0.39, 0.29) is 0 Å². The molecule has 0 atom stereocenters. The minimum atomic E-state index is 0.896. The molecule has 3 nitrogen and oxygen atoms in total. The van der Waals surface area contributed by atoms with Crippen molar-refractivity contribution in [1.82, 2.24) is 0 Å². The van der Waals surface area contributed by atoms with Gasteiger partial charge in [0.25, 0.3) is 0 Å². The zero-order valence-electron chi connectivity index (χ0n) is 22.8. The molecule has 9 aromatic rings. The monoisotopic (exact) mass is 537 g/mol. The van der Waals surface area contributed by atoms with Gasteiger partial charge in [-0.05, 0) is 59.2 Å². The van der Waals surface area contributed by atoms with Crippen LogP contribution in [0.2, 0.25) is 0 Å². The largest absolute Gasteiger partial charge is 0.455 e. The highest BCUT2D eigenvalue weighted by atomic mass is 16.3. The molecule has 0 saturated carbocycles. The number of hydrogen-bond acceptors (Lipinski definition) is 3. The first-order chi connectivity index (χ1) is 20.7. The van der Waals surface area contributed by atoms with Crippen LogP contribution in [0.25, 0.3) is 76.5 Å². The van der Waals surface area contributed by atoms with E-state index in [1.165, 1.54) is 27.3 Å². The molecule has 0 aliphatic carbocycles. The van der Waals surface area contributed by atoms with E-state index < -0.39 is 0 Å². The zero-order valence-corrected chi connectivity index (χ0v) is 22.8. The van der Waals surface area contributed by atoms with E-state index in [1.54, 1.807) is 0 Å². The summed E-state index contributed by atoms with van der Waals surface area (Å²) in [4.78, 5) is 2.39. The minimum absolute atomic E-state index is 0.896. The Bertz CT molecular complexity index is 2600. The summed E-state index contributed by atoms with van der Waals surface area (Å²) >= 11 is 0. The fourth-order valence-electron chi connectivity index (χ4n) is 7.18. The molecule has 3 heterocycles. The van der Waals surface area contributed by atoms with Crippen LogP contribution in [0.15, 0.2) is 130 Å². The van der Waals surface area contributed by atoms with Gasteiger partial charge in [-0.25, -0.2) is 0 Å². The van der Waals surface area contributed by atoms with Gasteiger partial charge in [-0.15, -0.1) is 0 Å². The predicted octanol–water partition coefficient (Wildman–Crippen LogP) is 11.6. The van der Waals surface area contributed by atoms with Crippen molar-refractivity contribution in [2.24, 2.45) is 0 Å². The first-order valence-electron chi connectivity index (χ1n) is 14.4. The van der Waals surface area contributed by atoms with Gasteiger partial charge in [0.2, 0.25) is 0 Å². The van der Waals surface area contributed by atoms with Crippen LogP contribution in [0.1, 0.15) is 5.56 Å². The Morgan fingerprint density at radius 1 is 0.452 bits per heavy atom. The van der Waals surface area contributed by atoms with Gasteiger partial charge in [-0.3, -0.25) is 0 Å². The first-order valence-corrected chi connectivity index (χ1v) is 14.4. The molecular formula is C39H23NO2. The molecular weight excluding hydrogens is 514 g/mol. The number of nitrogens with zero attached hydrogens (tertiary/aromatic N) is 1. The van der Waals surface area contributed by atoms with Crippen LogP contribution in [0.4, 0.5) is 17.1 Å². The van der Waals surface area contributed by atoms with E-state index in [4.69, 9.17) is 8.83 Å². The van der Waals surface area contributed by atoms with E-state index in [0.29, 0.717) is 0 Å². The molecule has 0 unspecified atom stereocenters. The van der Waals surface area contributed by atoms with Crippen molar-refractivity contribution in [1.29, 1.82) is 0 Å². The van der Waals surface area contributed by atoms with Gasteiger partial charge in [0.15, 0.2) is 5.58 Å². The molecule has 0 saturated heterocycles. The maximum Gasteiger partial charge on any atom is 0.159 e. The van der Waals surface area contributed by atoms with Crippen molar-refractivity contribution in [3.8, 4) is 11.1 Å². The highest BCUT2D eigenvalue weighted by molar-refractivity contribution is 6.26. The van der Waals surface area contributed by atoms with Crippen molar-refractivity contribution < 1.29 is 8.83 Å². The SMILES string of the molecule is Cc1cccc2c1oc1c(N3c4ccccc4-c4cccc5c4c3cc3c4cc6ccccc6cc4oc53)cccc12. The summed E-state index contributed by atoms with van der Waals surface area (Å²) in [5, 5.41) is 9.21. The number of furan rings is 2. The lowest BCUT2D eigenvalue weighted by atomic mass is 9.89. The number of rotatable bonds is 1. The van der Waals surface area contributed by atoms with Crippen molar-refractivity contribution in [2.45, 2.75) is 6.92 Å². The topological polar surface area (TPSA) is 29.5 Å². The molecule has 0 fully saturated rings. The number of benzene rings is 7. The summed E-state index contributed by atoms with van der Waals surface area (Å²) in [7, 11) is 0. The molecule has 3 heteroatoms. The Hall–Kier alpha value is -5.54. The summed E-state index contributed by atoms with van der Waals surface area (Å²) in [6.07, 6.45) is 0. The van der Waals surface area contributed by atoms with Crippen LogP contribution in [0, 0.1) is 6.92 Å². The maximum absolute atomic E-state index is 6.70. The second kappa shape index (κ2) is 7.80. The molecule has 0 bridgehead atoms. The summed E-state index contributed by atoms with van der Waals surface area (Å²) in [6, 6.07) is 43.4. The molecule has 196 valence electrons. The molecule has 1 aliphatic heterocycles. The molecule has 2 aromatic heterocycles. The Morgan fingerprint density at radius 3 is 2.05 bits per heavy atom. The summed E-state index contributed by atoms with van der Waals surface area (Å²) < 4.78 is 13.4. The van der Waals surface area contributed by atoms with Gasteiger partial charge in [0, 0.05) is 37.9 Å². The number of para-hydroxylation sites is 3. The van der Waals surface area contributed by atoms with Crippen molar-refractivity contribution in [3.05, 3.63) is 127 Å². The van der Waals surface area contributed by atoms with Gasteiger partial charge < -0.3 is 13.7 Å². The van der Waals surface area contributed by atoms with Crippen molar-refractivity contribution in [2.75, 3.05) is 4.90 Å². The third-order valence-corrected chi connectivity index (χ3v) is 9.06. The van der Waals surface area contributed by atoms with Crippen molar-refractivity contribution in [3.63, 3.8) is 0 Å². The Morgan fingerprint density at radius 2 is 1.14 bits per heavy atom. The van der Waals surface area contributed by atoms with Gasteiger partial charge in [-0.2, -0.15) is 0 Å². The zero-order chi connectivity index (χ0) is 27.5. The molecule has 0 spiro atoms. The van der Waals surface area contributed by atoms with Gasteiger partial charge in [0.1, 0.15) is 16.7 Å². The third-order valence-electron chi connectivity index (χ3n) is 9.06. The van der Waals surface area contributed by atoms with Crippen LogP contribution in [-0.2, 0) is 0 Å². The highest BCUT2D eigenvalue weighted by Gasteiger charge is 2.30. The molecule has 0 N–H and O–H groups in total. The van der Waals surface area contributed by atoms with Crippen LogP contribution >= 0.6 is 0 Å². The normalized spacial score (nSPS) is 12.8. The Labute approximate surface area is 240 Å². The van der Waals surface area contributed by atoms with E-state index in [9.17, 15) is 0 Å². The predicted molar refractivity (Wildman–Crippen MR) is 174 cm³/mol. The summed E-state index contributed by atoms with van der Waals surface area (Å²) in [5.41, 5.74) is 10.5. The van der Waals surface area contributed by atoms with Crippen LogP contribution in [0.5, 0.6) is 0 Å². The average molecular weight is 538 g/mol. The smallest absolute Gasteiger partial charge is 0.159 e. The molecule has 42 heavy (non-hydrogen) atoms. The maximum atomic E-state index is 6.70. The Kier molecular flexibility index (Phi) is 4.12. The quantitative estimate of drug-likeness (QED) is 0.209. The van der Waals surface area contributed by atoms with Gasteiger partial charge in [0.05, 0.1) is 17.1 Å². The molecule has 7 aromatic carbocycles. The highest BCUT2D eigenvalue weighted by Crippen LogP contribution is 2.54. The average Bonchev–Trinajstić information content (AvgIpc) is 3.59. The molecule has 0 amide bonds. The van der Waals surface area contributed by atoms with E-state index in [1.807, 2.05) is 0 Å². The van der Waals surface area contributed by atoms with Crippen molar-refractivity contribution >= 4 is 82.5 Å². The first kappa shape index (κ1) is 22.2. The van der Waals surface area contributed by atoms with Gasteiger partial charge in [-0.1, -0.05) is 91.0 Å². The number of hydrogen-bond donors (Lipinski definition) is 0. The molecule has 0 radical (unpaired) electrons. The number of aryl methyl sites for hydroxylation is 1. The number of fused-ring (bicyclic) bond motifs is 10. The third kappa shape index (κ3) is 2.75. The Balaban J connectivity index is 1.38. The lowest BCUT2D eigenvalue weighted by Crippen LogP contribution is -2.15. The second-order valence-electron chi connectivity index (χ2n) is 11.4. The summed E-state index contributed by atoms with van der Waals surface area (Å²) in [5.74, 6) is 0. The van der Waals surface area contributed by atoms with E-state index in [2.05, 4.69) is 133 Å². The fourth-order valence-corrected chi connectivity index (χ4v) is 7.18. The van der Waals surface area contributed by atoms with E-state index >= 15 is 0 Å². The lowest BCUT2D eigenvalue weighted by molar-refractivity contribution is 0.666. The van der Waals surface area contributed by atoms with E-state index in [0.717, 1.165) is 71.9 Å².